The molecule has 1 aliphatic heterocycles. The molecule has 3 aliphatic rings. The number of epoxide rings is 1. The fourth-order valence-corrected chi connectivity index (χ4v) is 6.72. The van der Waals surface area contributed by atoms with Crippen molar-refractivity contribution >= 4 is 11.9 Å². The molecule has 0 unspecified atom stereocenters. The lowest BCUT2D eigenvalue weighted by Crippen LogP contribution is -2.67. The largest absolute Gasteiger partial charge is 0.472 e. The molecule has 1 N–H and O–H groups in total. The summed E-state index contributed by atoms with van der Waals surface area (Å²) in [6.45, 7) is 7.97. The van der Waals surface area contributed by atoms with Gasteiger partial charge < -0.3 is 23.7 Å². The Bertz CT molecular complexity index is 814. The van der Waals surface area contributed by atoms with E-state index in [0.29, 0.717) is 19.4 Å². The molecule has 3 fully saturated rings. The summed E-state index contributed by atoms with van der Waals surface area (Å²) < 4.78 is 22.9. The van der Waals surface area contributed by atoms with E-state index in [0.717, 1.165) is 24.8 Å². The van der Waals surface area contributed by atoms with E-state index in [1.54, 1.807) is 18.6 Å². The molecule has 7 atom stereocenters. The number of ether oxygens (including phenoxy) is 3. The molecule has 2 aliphatic carbocycles. The van der Waals surface area contributed by atoms with E-state index in [9.17, 15) is 14.7 Å². The topological polar surface area (TPSA) is 98.5 Å². The van der Waals surface area contributed by atoms with Crippen molar-refractivity contribution in [3.05, 3.63) is 24.2 Å². The highest BCUT2D eigenvalue weighted by molar-refractivity contribution is 5.67. The third kappa shape index (κ3) is 3.59. The molecule has 2 saturated carbocycles. The van der Waals surface area contributed by atoms with Crippen molar-refractivity contribution in [2.75, 3.05) is 13.2 Å². The van der Waals surface area contributed by atoms with Crippen LogP contribution in [0.1, 0.15) is 71.5 Å². The number of aliphatic hydroxyl groups is 1. The number of carbonyl (C=O) groups is 2. The highest BCUT2D eigenvalue weighted by Crippen LogP contribution is 2.69. The van der Waals surface area contributed by atoms with Gasteiger partial charge in [0.05, 0.1) is 30.7 Å². The van der Waals surface area contributed by atoms with Crippen molar-refractivity contribution in [1.29, 1.82) is 0 Å². The van der Waals surface area contributed by atoms with Crippen LogP contribution in [-0.4, -0.2) is 42.0 Å². The maximum atomic E-state index is 12.1. The molecule has 0 bridgehead atoms. The van der Waals surface area contributed by atoms with Gasteiger partial charge >= 0.3 is 11.9 Å². The quantitative estimate of drug-likeness (QED) is 0.537. The summed E-state index contributed by atoms with van der Waals surface area (Å²) in [6.07, 6.45) is 6.03. The summed E-state index contributed by atoms with van der Waals surface area (Å²) in [5.74, 6) is -0.440. The fourth-order valence-electron chi connectivity index (χ4n) is 6.72. The van der Waals surface area contributed by atoms with Crippen LogP contribution in [0, 0.1) is 22.7 Å². The molecule has 1 saturated heterocycles. The zero-order valence-electron chi connectivity index (χ0n) is 18.9. The van der Waals surface area contributed by atoms with E-state index < -0.39 is 23.2 Å². The van der Waals surface area contributed by atoms with Gasteiger partial charge in [-0.05, 0) is 49.0 Å². The van der Waals surface area contributed by atoms with Gasteiger partial charge in [-0.25, -0.2) is 0 Å². The van der Waals surface area contributed by atoms with Crippen LogP contribution in [0.3, 0.4) is 0 Å². The van der Waals surface area contributed by atoms with E-state index in [2.05, 4.69) is 13.8 Å². The maximum Gasteiger partial charge on any atom is 0.302 e. The van der Waals surface area contributed by atoms with Crippen molar-refractivity contribution in [3.8, 4) is 0 Å². The fraction of sp³-hybridized carbons (Fsp3) is 0.750. The second-order valence-electron chi connectivity index (χ2n) is 10.1. The summed E-state index contributed by atoms with van der Waals surface area (Å²) in [7, 11) is 0. The lowest BCUT2D eigenvalue weighted by molar-refractivity contribution is -0.232. The molecule has 0 radical (unpaired) electrons. The third-order valence-corrected chi connectivity index (χ3v) is 8.48. The van der Waals surface area contributed by atoms with Crippen molar-refractivity contribution < 1.29 is 33.3 Å². The van der Waals surface area contributed by atoms with Gasteiger partial charge in [-0.15, -0.1) is 0 Å². The van der Waals surface area contributed by atoms with Crippen LogP contribution in [-0.2, 0) is 23.8 Å². The minimum Gasteiger partial charge on any atom is -0.472 e. The first kappa shape index (κ1) is 22.3. The first-order valence-electron chi connectivity index (χ1n) is 11.3. The summed E-state index contributed by atoms with van der Waals surface area (Å²) in [5, 5.41) is 11.0. The first-order valence-corrected chi connectivity index (χ1v) is 11.3. The highest BCUT2D eigenvalue weighted by Gasteiger charge is 2.75. The third-order valence-electron chi connectivity index (χ3n) is 8.48. The van der Waals surface area contributed by atoms with Crippen LogP contribution in [0.25, 0.3) is 0 Å². The Labute approximate surface area is 183 Å². The van der Waals surface area contributed by atoms with Gasteiger partial charge in [-0.2, -0.15) is 0 Å². The Kier molecular flexibility index (Phi) is 5.71. The molecule has 7 heteroatoms. The van der Waals surface area contributed by atoms with Crippen LogP contribution < -0.4 is 0 Å². The van der Waals surface area contributed by atoms with E-state index >= 15 is 0 Å². The number of rotatable bonds is 6. The Morgan fingerprint density at radius 1 is 1.32 bits per heavy atom. The molecule has 31 heavy (non-hydrogen) atoms. The van der Waals surface area contributed by atoms with Crippen molar-refractivity contribution in [2.24, 2.45) is 22.7 Å². The molecule has 2 heterocycles. The van der Waals surface area contributed by atoms with Crippen LogP contribution in [0.5, 0.6) is 0 Å². The second kappa shape index (κ2) is 7.93. The maximum absolute atomic E-state index is 12.1. The van der Waals surface area contributed by atoms with Gasteiger partial charge in [0.15, 0.2) is 0 Å². The second-order valence-corrected chi connectivity index (χ2v) is 10.1. The number of aliphatic hydroxyl groups excluding tert-OH is 1. The molecule has 1 spiro atoms. The monoisotopic (exact) mass is 434 g/mol. The summed E-state index contributed by atoms with van der Waals surface area (Å²) in [4.78, 5) is 23.9. The van der Waals surface area contributed by atoms with Crippen LogP contribution in [0.15, 0.2) is 23.0 Å². The average molecular weight is 435 g/mol. The SMILES string of the molecule is CC(=O)OC[C@@]12[C@@H](OC(C)=O)C[C@@H](C)[C@](C)(C[C@H](O)c3ccoc3)[C@H]1CCC[C@]21CO1. The Balaban J connectivity index is 1.77. The van der Waals surface area contributed by atoms with Gasteiger partial charge in [0.2, 0.25) is 0 Å². The minimum atomic E-state index is -0.666. The van der Waals surface area contributed by atoms with Crippen molar-refractivity contribution in [1.82, 2.24) is 0 Å². The van der Waals surface area contributed by atoms with E-state index in [4.69, 9.17) is 18.6 Å². The highest BCUT2D eigenvalue weighted by atomic mass is 16.6. The summed E-state index contributed by atoms with van der Waals surface area (Å²) in [5.41, 5.74) is -0.588. The number of furan rings is 1. The molecule has 7 nitrogen and oxygen atoms in total. The molecule has 4 rings (SSSR count). The van der Waals surface area contributed by atoms with Gasteiger partial charge in [0.1, 0.15) is 18.3 Å². The lowest BCUT2D eigenvalue weighted by atomic mass is 9.42. The molecular formula is C24H34O7. The zero-order chi connectivity index (χ0) is 22.4. The normalized spacial score (nSPS) is 40.1. The number of carbonyl (C=O) groups excluding carboxylic acids is 2. The summed E-state index contributed by atoms with van der Waals surface area (Å²) in [6, 6.07) is 1.79. The smallest absolute Gasteiger partial charge is 0.302 e. The van der Waals surface area contributed by atoms with Crippen molar-refractivity contribution in [2.45, 2.75) is 77.6 Å². The Morgan fingerprint density at radius 2 is 2.06 bits per heavy atom. The van der Waals surface area contributed by atoms with Gasteiger partial charge in [-0.3, -0.25) is 9.59 Å². The predicted molar refractivity (Wildman–Crippen MR) is 111 cm³/mol. The number of esters is 2. The van der Waals surface area contributed by atoms with Crippen LogP contribution in [0.4, 0.5) is 0 Å². The lowest BCUT2D eigenvalue weighted by Gasteiger charge is -2.63. The number of hydrogen-bond donors (Lipinski definition) is 1. The number of hydrogen-bond acceptors (Lipinski definition) is 7. The van der Waals surface area contributed by atoms with E-state index in [1.807, 2.05) is 0 Å². The predicted octanol–water partition coefficient (Wildman–Crippen LogP) is 3.80. The van der Waals surface area contributed by atoms with Gasteiger partial charge in [0.25, 0.3) is 0 Å². The molecular weight excluding hydrogens is 400 g/mol. The molecule has 0 amide bonds. The molecule has 172 valence electrons. The van der Waals surface area contributed by atoms with Crippen LogP contribution in [0.2, 0.25) is 0 Å². The van der Waals surface area contributed by atoms with Crippen molar-refractivity contribution in [3.63, 3.8) is 0 Å². The van der Waals surface area contributed by atoms with Gasteiger partial charge in [0, 0.05) is 19.4 Å². The molecule has 1 aromatic heterocycles. The molecule has 1 aromatic rings. The minimum absolute atomic E-state index is 0.0604. The van der Waals surface area contributed by atoms with Gasteiger partial charge in [-0.1, -0.05) is 20.3 Å². The van der Waals surface area contributed by atoms with E-state index in [-0.39, 0.29) is 35.8 Å². The standard InChI is InChI=1S/C24H34O7/c1-15-10-21(31-17(3)26)24(14-29-16(2)25)20(6-5-8-23(24)13-30-23)22(15,4)11-19(27)18-7-9-28-12-18/h7,9,12,15,19-21,27H,5-6,8,10-11,13-14H2,1-4H3/t15-,19+,20-,21+,22+,23+,24+/m1/s1. The Morgan fingerprint density at radius 3 is 2.65 bits per heavy atom. The first-order chi connectivity index (χ1) is 14.6. The van der Waals surface area contributed by atoms with E-state index in [1.165, 1.54) is 13.8 Å². The Hall–Kier alpha value is -1.86. The zero-order valence-corrected chi connectivity index (χ0v) is 18.9. The number of fused-ring (bicyclic) bond motifs is 2. The van der Waals surface area contributed by atoms with Crippen LogP contribution >= 0.6 is 0 Å². The average Bonchev–Trinajstić information content (AvgIpc) is 3.25. The summed E-state index contributed by atoms with van der Waals surface area (Å²) >= 11 is 0. The molecule has 0 aromatic carbocycles.